The van der Waals surface area contributed by atoms with Crippen LogP contribution in [0.5, 0.6) is 0 Å². The normalized spacial score (nSPS) is 11.6. The molecule has 0 bridgehead atoms. The Labute approximate surface area is 91.3 Å². The molecule has 16 heavy (non-hydrogen) atoms. The lowest BCUT2D eigenvalue weighted by Gasteiger charge is -2.14. The van der Waals surface area contributed by atoms with Crippen molar-refractivity contribution in [1.29, 1.82) is 0 Å². The maximum Gasteiger partial charge on any atom is 0.418 e. The van der Waals surface area contributed by atoms with Crippen molar-refractivity contribution >= 4 is 11.5 Å². The van der Waals surface area contributed by atoms with Gasteiger partial charge < -0.3 is 5.73 Å². The summed E-state index contributed by atoms with van der Waals surface area (Å²) in [6.07, 6.45) is -4.11. The lowest BCUT2D eigenvalue weighted by molar-refractivity contribution is -0.136. The molecule has 0 radical (unpaired) electrons. The van der Waals surface area contributed by atoms with E-state index < -0.39 is 23.2 Å². The first-order valence-electron chi connectivity index (χ1n) is 4.78. The van der Waals surface area contributed by atoms with Crippen molar-refractivity contribution < 1.29 is 18.0 Å². The fourth-order valence-electron chi connectivity index (χ4n) is 1.44. The van der Waals surface area contributed by atoms with Crippen molar-refractivity contribution in [2.24, 2.45) is 0 Å². The minimum Gasteiger partial charge on any atom is -0.398 e. The van der Waals surface area contributed by atoms with Gasteiger partial charge in [0.15, 0.2) is 5.78 Å². The monoisotopic (exact) mass is 231 g/mol. The molecule has 0 aliphatic rings. The first-order valence-corrected chi connectivity index (χ1v) is 4.78. The predicted molar refractivity (Wildman–Crippen MR) is 55.2 cm³/mol. The molecule has 0 saturated carbocycles. The number of hydrogen-bond donors (Lipinski definition) is 1. The third kappa shape index (κ3) is 2.35. The van der Waals surface area contributed by atoms with E-state index in [2.05, 4.69) is 0 Å². The number of ketones is 1. The van der Waals surface area contributed by atoms with E-state index in [1.165, 1.54) is 13.0 Å². The van der Waals surface area contributed by atoms with Crippen LogP contribution in [0.2, 0.25) is 0 Å². The SMILES string of the molecule is CCc1cc(C(C)=O)c(N)c(C(F)(F)F)c1. The highest BCUT2D eigenvalue weighted by Gasteiger charge is 2.34. The molecule has 0 atom stereocenters. The van der Waals surface area contributed by atoms with Crippen LogP contribution in [0, 0.1) is 0 Å². The molecular weight excluding hydrogens is 219 g/mol. The van der Waals surface area contributed by atoms with Crippen molar-refractivity contribution in [3.05, 3.63) is 28.8 Å². The first kappa shape index (κ1) is 12.5. The Morgan fingerprint density at radius 3 is 2.31 bits per heavy atom. The topological polar surface area (TPSA) is 43.1 Å². The maximum absolute atomic E-state index is 12.6. The highest BCUT2D eigenvalue weighted by atomic mass is 19.4. The van der Waals surface area contributed by atoms with Gasteiger partial charge in [0.1, 0.15) is 0 Å². The standard InChI is InChI=1S/C11H12F3NO/c1-3-7-4-8(6(2)16)10(15)9(5-7)11(12,13)14/h4-5H,3,15H2,1-2H3. The third-order valence-corrected chi connectivity index (χ3v) is 2.33. The molecule has 1 rings (SSSR count). The summed E-state index contributed by atoms with van der Waals surface area (Å²) < 4.78 is 37.9. The Balaban J connectivity index is 3.50. The number of carbonyl (C=O) groups excluding carboxylic acids is 1. The number of nitrogens with two attached hydrogens (primary N) is 1. The first-order chi connectivity index (χ1) is 7.27. The van der Waals surface area contributed by atoms with Gasteiger partial charge in [-0.25, -0.2) is 0 Å². The van der Waals surface area contributed by atoms with Crippen LogP contribution in [0.1, 0.15) is 35.3 Å². The van der Waals surface area contributed by atoms with Gasteiger partial charge in [-0.3, -0.25) is 4.79 Å². The number of benzene rings is 1. The average molecular weight is 231 g/mol. The summed E-state index contributed by atoms with van der Waals surface area (Å²) in [7, 11) is 0. The van der Waals surface area contributed by atoms with E-state index in [1.54, 1.807) is 6.92 Å². The van der Waals surface area contributed by atoms with E-state index in [0.717, 1.165) is 6.07 Å². The van der Waals surface area contributed by atoms with Gasteiger partial charge in [0.05, 0.1) is 11.3 Å². The molecule has 0 amide bonds. The summed E-state index contributed by atoms with van der Waals surface area (Å²) in [5, 5.41) is 0. The zero-order valence-corrected chi connectivity index (χ0v) is 8.98. The molecule has 0 heterocycles. The van der Waals surface area contributed by atoms with E-state index in [9.17, 15) is 18.0 Å². The molecule has 0 spiro atoms. The lowest BCUT2D eigenvalue weighted by atomic mass is 9.99. The second-order valence-electron chi connectivity index (χ2n) is 3.51. The Bertz CT molecular complexity index is 424. The van der Waals surface area contributed by atoms with Crippen LogP contribution in [-0.4, -0.2) is 5.78 Å². The van der Waals surface area contributed by atoms with Gasteiger partial charge in [0.2, 0.25) is 0 Å². The number of halogens is 3. The molecular formula is C11H12F3NO. The number of aryl methyl sites for hydroxylation is 1. The van der Waals surface area contributed by atoms with Gasteiger partial charge in [0, 0.05) is 5.56 Å². The van der Waals surface area contributed by atoms with Crippen molar-refractivity contribution in [3.63, 3.8) is 0 Å². The minimum absolute atomic E-state index is 0.0633. The van der Waals surface area contributed by atoms with E-state index in [0.29, 0.717) is 12.0 Å². The van der Waals surface area contributed by atoms with Gasteiger partial charge in [-0.05, 0) is 31.0 Å². The average Bonchev–Trinajstić information content (AvgIpc) is 2.15. The summed E-state index contributed by atoms with van der Waals surface area (Å²) in [6.45, 7) is 2.92. The third-order valence-electron chi connectivity index (χ3n) is 2.33. The summed E-state index contributed by atoms with van der Waals surface area (Å²) >= 11 is 0. The largest absolute Gasteiger partial charge is 0.418 e. The number of anilines is 1. The van der Waals surface area contributed by atoms with Crippen LogP contribution in [-0.2, 0) is 12.6 Å². The zero-order valence-electron chi connectivity index (χ0n) is 8.98. The maximum atomic E-state index is 12.6. The molecule has 0 unspecified atom stereocenters. The molecule has 0 aromatic heterocycles. The molecule has 2 nitrogen and oxygen atoms in total. The van der Waals surface area contributed by atoms with Gasteiger partial charge in [0.25, 0.3) is 0 Å². The van der Waals surface area contributed by atoms with Gasteiger partial charge in [-0.15, -0.1) is 0 Å². The Kier molecular flexibility index (Phi) is 3.26. The van der Waals surface area contributed by atoms with Gasteiger partial charge in [-0.1, -0.05) is 6.92 Å². The molecule has 1 aromatic carbocycles. The molecule has 5 heteroatoms. The number of rotatable bonds is 2. The van der Waals surface area contributed by atoms with Crippen LogP contribution in [0.25, 0.3) is 0 Å². The van der Waals surface area contributed by atoms with Crippen LogP contribution in [0.4, 0.5) is 18.9 Å². The summed E-state index contributed by atoms with van der Waals surface area (Å²) in [4.78, 5) is 11.2. The predicted octanol–water partition coefficient (Wildman–Crippen LogP) is 3.05. The Morgan fingerprint density at radius 1 is 1.38 bits per heavy atom. The summed E-state index contributed by atoms with van der Waals surface area (Å²) in [5.74, 6) is -0.460. The van der Waals surface area contributed by atoms with Crippen molar-refractivity contribution in [2.75, 3.05) is 5.73 Å². The molecule has 0 aliphatic carbocycles. The van der Waals surface area contributed by atoms with Crippen molar-refractivity contribution in [2.45, 2.75) is 26.4 Å². The fraction of sp³-hybridized carbons (Fsp3) is 0.364. The number of hydrogen-bond acceptors (Lipinski definition) is 2. The molecule has 1 aromatic rings. The van der Waals surface area contributed by atoms with Crippen LogP contribution in [0.15, 0.2) is 12.1 Å². The molecule has 0 fully saturated rings. The second-order valence-corrected chi connectivity index (χ2v) is 3.51. The van der Waals surface area contributed by atoms with E-state index in [-0.39, 0.29) is 5.56 Å². The summed E-state index contributed by atoms with van der Waals surface area (Å²) in [5.41, 5.74) is 4.32. The lowest BCUT2D eigenvalue weighted by Crippen LogP contribution is -2.13. The molecule has 0 aliphatic heterocycles. The van der Waals surface area contributed by atoms with E-state index in [4.69, 9.17) is 5.73 Å². The number of carbonyl (C=O) groups is 1. The van der Waals surface area contributed by atoms with Gasteiger partial charge >= 0.3 is 6.18 Å². The van der Waals surface area contributed by atoms with E-state index in [1.807, 2.05) is 0 Å². The van der Waals surface area contributed by atoms with Crippen LogP contribution < -0.4 is 5.73 Å². The number of alkyl halides is 3. The van der Waals surface area contributed by atoms with Crippen LogP contribution in [0.3, 0.4) is 0 Å². The Hall–Kier alpha value is -1.52. The highest BCUT2D eigenvalue weighted by Crippen LogP contribution is 2.36. The number of Topliss-reactive ketones (excluding diaryl/α,β-unsaturated/α-hetero) is 1. The molecule has 0 saturated heterocycles. The second kappa shape index (κ2) is 4.15. The fourth-order valence-corrected chi connectivity index (χ4v) is 1.44. The molecule has 88 valence electrons. The van der Waals surface area contributed by atoms with Crippen molar-refractivity contribution in [1.82, 2.24) is 0 Å². The smallest absolute Gasteiger partial charge is 0.398 e. The van der Waals surface area contributed by atoms with Crippen LogP contribution >= 0.6 is 0 Å². The van der Waals surface area contributed by atoms with Gasteiger partial charge in [-0.2, -0.15) is 13.2 Å². The summed E-state index contributed by atoms with van der Waals surface area (Å²) in [6, 6.07) is 2.40. The minimum atomic E-state index is -4.53. The van der Waals surface area contributed by atoms with E-state index >= 15 is 0 Å². The Morgan fingerprint density at radius 2 is 1.94 bits per heavy atom. The zero-order chi connectivity index (χ0) is 12.5. The van der Waals surface area contributed by atoms with Crippen molar-refractivity contribution in [3.8, 4) is 0 Å². The quantitative estimate of drug-likeness (QED) is 0.628. The molecule has 2 N–H and O–H groups in total. The highest BCUT2D eigenvalue weighted by molar-refractivity contribution is 6.00. The number of nitrogen functional groups attached to an aromatic ring is 1.